The number of hydrogen-bond donors (Lipinski definition) is 1. The molecule has 64 valence electrons. The first-order valence-electron chi connectivity index (χ1n) is 4.35. The molecule has 0 spiro atoms. The van der Waals surface area contributed by atoms with Crippen LogP contribution in [0.3, 0.4) is 0 Å². The van der Waals surface area contributed by atoms with Crippen molar-refractivity contribution in [3.05, 3.63) is 0 Å². The quantitative estimate of drug-likeness (QED) is 0.596. The van der Waals surface area contributed by atoms with Crippen LogP contribution >= 0.6 is 0 Å². The maximum Gasteiger partial charge on any atom is 0.0510 e. The molecule has 2 rings (SSSR count). The fraction of sp³-hybridized carbons (Fsp3) is 1.00. The summed E-state index contributed by atoms with van der Waals surface area (Å²) in [5, 5.41) is 3.18. The average molecular weight is 156 g/mol. The van der Waals surface area contributed by atoms with E-state index in [2.05, 4.69) is 10.2 Å². The lowest BCUT2D eigenvalue weighted by Gasteiger charge is -2.15. The molecule has 0 aromatic heterocycles. The van der Waals surface area contributed by atoms with E-state index in [-0.39, 0.29) is 0 Å². The lowest BCUT2D eigenvalue weighted by Crippen LogP contribution is -2.31. The Morgan fingerprint density at radius 1 is 1.36 bits per heavy atom. The maximum absolute atomic E-state index is 5.39. The summed E-state index contributed by atoms with van der Waals surface area (Å²) in [5.41, 5.74) is 0. The average Bonchev–Trinajstić information content (AvgIpc) is 2.46. The van der Waals surface area contributed by atoms with Crippen LogP contribution in [0.25, 0.3) is 0 Å². The van der Waals surface area contributed by atoms with Gasteiger partial charge in [0.15, 0.2) is 0 Å². The van der Waals surface area contributed by atoms with Crippen LogP contribution in [0.15, 0.2) is 0 Å². The maximum atomic E-state index is 5.39. The third-order valence-electron chi connectivity index (χ3n) is 2.70. The Hall–Kier alpha value is -0.120. The van der Waals surface area contributed by atoms with Gasteiger partial charge >= 0.3 is 0 Å². The van der Waals surface area contributed by atoms with Gasteiger partial charge < -0.3 is 10.1 Å². The van der Waals surface area contributed by atoms with Crippen molar-refractivity contribution in [1.29, 1.82) is 0 Å². The van der Waals surface area contributed by atoms with Crippen molar-refractivity contribution in [2.75, 3.05) is 40.0 Å². The molecule has 0 radical (unpaired) electrons. The summed E-state index contributed by atoms with van der Waals surface area (Å²) in [6.45, 7) is 5.47. The van der Waals surface area contributed by atoms with Crippen molar-refractivity contribution in [1.82, 2.24) is 10.2 Å². The molecule has 0 aromatic rings. The molecule has 0 aliphatic carbocycles. The van der Waals surface area contributed by atoms with E-state index in [1.54, 1.807) is 0 Å². The smallest absolute Gasteiger partial charge is 0.0510 e. The van der Waals surface area contributed by atoms with Crippen molar-refractivity contribution in [3.8, 4) is 0 Å². The molecule has 2 aliphatic rings. The van der Waals surface area contributed by atoms with Gasteiger partial charge in [-0.05, 0) is 7.05 Å². The highest BCUT2D eigenvalue weighted by atomic mass is 16.5. The zero-order chi connectivity index (χ0) is 7.68. The SMILES string of the molecule is CNCN1CC2COCC2C1. The van der Waals surface area contributed by atoms with E-state index in [9.17, 15) is 0 Å². The molecule has 2 unspecified atom stereocenters. The lowest BCUT2D eigenvalue weighted by molar-refractivity contribution is 0.153. The van der Waals surface area contributed by atoms with Crippen molar-refractivity contribution < 1.29 is 4.74 Å². The van der Waals surface area contributed by atoms with Crippen molar-refractivity contribution >= 4 is 0 Å². The predicted octanol–water partition coefficient (Wildman–Crippen LogP) is -0.258. The van der Waals surface area contributed by atoms with Gasteiger partial charge in [-0.15, -0.1) is 0 Å². The molecule has 0 aromatic carbocycles. The number of ether oxygens (including phenoxy) is 1. The third-order valence-corrected chi connectivity index (χ3v) is 2.70. The lowest BCUT2D eigenvalue weighted by atomic mass is 10.0. The minimum Gasteiger partial charge on any atom is -0.381 e. The number of nitrogens with zero attached hydrogens (tertiary/aromatic N) is 1. The molecule has 3 nitrogen and oxygen atoms in total. The van der Waals surface area contributed by atoms with Crippen LogP contribution in [0.2, 0.25) is 0 Å². The Morgan fingerprint density at radius 2 is 2.00 bits per heavy atom. The fourth-order valence-corrected chi connectivity index (χ4v) is 2.14. The van der Waals surface area contributed by atoms with E-state index in [1.807, 2.05) is 7.05 Å². The number of likely N-dealkylation sites (tertiary alicyclic amines) is 1. The van der Waals surface area contributed by atoms with Crippen LogP contribution in [0.1, 0.15) is 0 Å². The van der Waals surface area contributed by atoms with E-state index in [4.69, 9.17) is 4.74 Å². The standard InChI is InChI=1S/C8H16N2O/c1-9-6-10-2-7-4-11-5-8(7)3-10/h7-9H,2-6H2,1H3. The fourth-order valence-electron chi connectivity index (χ4n) is 2.14. The van der Waals surface area contributed by atoms with Gasteiger partial charge in [-0.2, -0.15) is 0 Å². The van der Waals surface area contributed by atoms with E-state index in [0.717, 1.165) is 31.7 Å². The van der Waals surface area contributed by atoms with Crippen LogP contribution in [0.5, 0.6) is 0 Å². The predicted molar refractivity (Wildman–Crippen MR) is 43.3 cm³/mol. The summed E-state index contributed by atoms with van der Waals surface area (Å²) in [7, 11) is 2.00. The molecule has 3 heteroatoms. The van der Waals surface area contributed by atoms with Gasteiger partial charge in [-0.25, -0.2) is 0 Å². The van der Waals surface area contributed by atoms with Gasteiger partial charge in [0, 0.05) is 31.6 Å². The molecule has 2 fully saturated rings. The third kappa shape index (κ3) is 1.41. The Kier molecular flexibility index (Phi) is 2.11. The van der Waals surface area contributed by atoms with Gasteiger partial charge in [0.05, 0.1) is 13.2 Å². The highest BCUT2D eigenvalue weighted by molar-refractivity contribution is 4.86. The summed E-state index contributed by atoms with van der Waals surface area (Å²) in [6, 6.07) is 0. The molecular formula is C8H16N2O. The normalized spacial score (nSPS) is 37.9. The molecule has 0 bridgehead atoms. The second-order valence-electron chi connectivity index (χ2n) is 3.61. The Labute approximate surface area is 67.7 Å². The van der Waals surface area contributed by atoms with Crippen molar-refractivity contribution in [3.63, 3.8) is 0 Å². The Bertz CT molecular complexity index is 128. The molecule has 2 heterocycles. The summed E-state index contributed by atoms with van der Waals surface area (Å²) in [4.78, 5) is 2.47. The minimum absolute atomic E-state index is 0.823. The summed E-state index contributed by atoms with van der Waals surface area (Å²) >= 11 is 0. The zero-order valence-electron chi connectivity index (χ0n) is 7.05. The van der Waals surface area contributed by atoms with E-state index >= 15 is 0 Å². The summed E-state index contributed by atoms with van der Waals surface area (Å²) in [5.74, 6) is 1.65. The first kappa shape index (κ1) is 7.53. The second kappa shape index (κ2) is 3.09. The topological polar surface area (TPSA) is 24.5 Å². The van der Waals surface area contributed by atoms with Crippen LogP contribution < -0.4 is 5.32 Å². The second-order valence-corrected chi connectivity index (χ2v) is 3.61. The largest absolute Gasteiger partial charge is 0.381 e. The first-order valence-corrected chi connectivity index (χ1v) is 4.35. The van der Waals surface area contributed by atoms with Crippen LogP contribution in [-0.4, -0.2) is 44.9 Å². The monoisotopic (exact) mass is 156 g/mol. The number of nitrogens with one attached hydrogen (secondary N) is 1. The molecule has 0 amide bonds. The minimum atomic E-state index is 0.823. The highest BCUT2D eigenvalue weighted by Crippen LogP contribution is 2.28. The van der Waals surface area contributed by atoms with Gasteiger partial charge in [0.2, 0.25) is 0 Å². The van der Waals surface area contributed by atoms with Gasteiger partial charge in [0.1, 0.15) is 0 Å². The Morgan fingerprint density at radius 3 is 2.55 bits per heavy atom. The first-order chi connectivity index (χ1) is 5.40. The molecule has 2 aliphatic heterocycles. The van der Waals surface area contributed by atoms with Gasteiger partial charge in [-0.1, -0.05) is 0 Å². The molecule has 1 N–H and O–H groups in total. The molecule has 2 saturated heterocycles. The zero-order valence-corrected chi connectivity index (χ0v) is 7.05. The Balaban J connectivity index is 1.84. The van der Waals surface area contributed by atoms with Crippen LogP contribution in [0, 0.1) is 11.8 Å². The summed E-state index contributed by atoms with van der Waals surface area (Å²) < 4.78 is 5.39. The molecule has 2 atom stereocenters. The van der Waals surface area contributed by atoms with E-state index < -0.39 is 0 Å². The van der Waals surface area contributed by atoms with Crippen molar-refractivity contribution in [2.45, 2.75) is 0 Å². The number of fused-ring (bicyclic) bond motifs is 1. The summed E-state index contributed by atoms with van der Waals surface area (Å²) in [6.07, 6.45) is 0. The van der Waals surface area contributed by atoms with Gasteiger partial charge in [-0.3, -0.25) is 4.90 Å². The van der Waals surface area contributed by atoms with Crippen molar-refractivity contribution in [2.24, 2.45) is 11.8 Å². The van der Waals surface area contributed by atoms with E-state index in [0.29, 0.717) is 0 Å². The van der Waals surface area contributed by atoms with Crippen LogP contribution in [-0.2, 0) is 4.74 Å². The molecular weight excluding hydrogens is 140 g/mol. The molecule has 11 heavy (non-hydrogen) atoms. The van der Waals surface area contributed by atoms with E-state index in [1.165, 1.54) is 13.1 Å². The van der Waals surface area contributed by atoms with Gasteiger partial charge in [0.25, 0.3) is 0 Å². The number of hydrogen-bond acceptors (Lipinski definition) is 3. The molecule has 0 saturated carbocycles. The number of rotatable bonds is 2. The van der Waals surface area contributed by atoms with Crippen LogP contribution in [0.4, 0.5) is 0 Å². The highest BCUT2D eigenvalue weighted by Gasteiger charge is 2.36.